The van der Waals surface area contributed by atoms with E-state index < -0.39 is 10.0 Å². The molecule has 1 aromatic rings. The Hall–Kier alpha value is -0.880. The molecule has 104 valence electrons. The molecule has 0 aromatic carbocycles. The van der Waals surface area contributed by atoms with Gasteiger partial charge in [0.1, 0.15) is 0 Å². The summed E-state index contributed by atoms with van der Waals surface area (Å²) in [6, 6.07) is 0. The summed E-state index contributed by atoms with van der Waals surface area (Å²) < 4.78 is 27.7. The predicted molar refractivity (Wildman–Crippen MR) is 73.1 cm³/mol. The molecule has 1 rings (SSSR count). The van der Waals surface area contributed by atoms with Crippen molar-refractivity contribution in [1.82, 2.24) is 14.5 Å². The standard InChI is InChI=1S/C12H23N3O2S/c1-5-6-9-18(16,17)13-8-7-12-10(2)14-15(4)11(12)3/h13H,5-9H2,1-4H3. The summed E-state index contributed by atoms with van der Waals surface area (Å²) in [5, 5.41) is 4.31. The van der Waals surface area contributed by atoms with E-state index in [1.54, 1.807) is 0 Å². The predicted octanol–water partition coefficient (Wildman–Crippen LogP) is 1.30. The van der Waals surface area contributed by atoms with Gasteiger partial charge < -0.3 is 0 Å². The van der Waals surface area contributed by atoms with E-state index in [1.807, 2.05) is 32.5 Å². The second-order valence-electron chi connectivity index (χ2n) is 4.59. The van der Waals surface area contributed by atoms with Crippen molar-refractivity contribution in [2.45, 2.75) is 40.0 Å². The topological polar surface area (TPSA) is 64.0 Å². The molecule has 0 atom stereocenters. The molecule has 5 nitrogen and oxygen atoms in total. The maximum atomic E-state index is 11.6. The fourth-order valence-electron chi connectivity index (χ4n) is 1.92. The molecule has 1 N–H and O–H groups in total. The van der Waals surface area contributed by atoms with Gasteiger partial charge >= 0.3 is 0 Å². The van der Waals surface area contributed by atoms with Gasteiger partial charge in [0.25, 0.3) is 0 Å². The Morgan fingerprint density at radius 1 is 1.33 bits per heavy atom. The fraction of sp³-hybridized carbons (Fsp3) is 0.750. The van der Waals surface area contributed by atoms with Crippen LogP contribution >= 0.6 is 0 Å². The molecular weight excluding hydrogens is 250 g/mol. The third-order valence-electron chi connectivity index (χ3n) is 3.12. The molecule has 0 spiro atoms. The molecule has 0 saturated heterocycles. The van der Waals surface area contributed by atoms with Crippen molar-refractivity contribution < 1.29 is 8.42 Å². The first kappa shape index (κ1) is 15.2. The van der Waals surface area contributed by atoms with Crippen molar-refractivity contribution in [3.05, 3.63) is 17.0 Å². The molecule has 0 bridgehead atoms. The maximum Gasteiger partial charge on any atom is 0.211 e. The molecule has 0 aliphatic rings. The molecule has 0 amide bonds. The number of sulfonamides is 1. The van der Waals surface area contributed by atoms with Gasteiger partial charge in [0.2, 0.25) is 10.0 Å². The summed E-state index contributed by atoms with van der Waals surface area (Å²) in [5.41, 5.74) is 3.21. The van der Waals surface area contributed by atoms with Crippen LogP contribution in [0.2, 0.25) is 0 Å². The highest BCUT2D eigenvalue weighted by Gasteiger charge is 2.12. The summed E-state index contributed by atoms with van der Waals surface area (Å²) in [5.74, 6) is 0.217. The van der Waals surface area contributed by atoms with E-state index >= 15 is 0 Å². The van der Waals surface area contributed by atoms with Crippen molar-refractivity contribution >= 4 is 10.0 Å². The average Bonchev–Trinajstić information content (AvgIpc) is 2.53. The molecular formula is C12H23N3O2S. The summed E-state index contributed by atoms with van der Waals surface area (Å²) >= 11 is 0. The Morgan fingerprint density at radius 2 is 2.00 bits per heavy atom. The van der Waals surface area contributed by atoms with Crippen LogP contribution in [0, 0.1) is 13.8 Å². The van der Waals surface area contributed by atoms with Crippen LogP contribution in [-0.2, 0) is 23.5 Å². The van der Waals surface area contributed by atoms with Crippen molar-refractivity contribution in [1.29, 1.82) is 0 Å². The number of aromatic nitrogens is 2. The van der Waals surface area contributed by atoms with E-state index in [1.165, 1.54) is 0 Å². The summed E-state index contributed by atoms with van der Waals surface area (Å²) in [4.78, 5) is 0. The third kappa shape index (κ3) is 4.10. The second kappa shape index (κ2) is 6.33. The van der Waals surface area contributed by atoms with Gasteiger partial charge in [-0.05, 0) is 32.3 Å². The number of hydrogen-bond acceptors (Lipinski definition) is 3. The molecule has 0 aliphatic carbocycles. The van der Waals surface area contributed by atoms with E-state index in [4.69, 9.17) is 0 Å². The van der Waals surface area contributed by atoms with E-state index in [2.05, 4.69) is 9.82 Å². The van der Waals surface area contributed by atoms with Gasteiger partial charge in [-0.1, -0.05) is 13.3 Å². The molecule has 0 radical (unpaired) electrons. The van der Waals surface area contributed by atoms with Crippen molar-refractivity contribution in [3.63, 3.8) is 0 Å². The molecule has 0 aliphatic heterocycles. The highest BCUT2D eigenvalue weighted by Crippen LogP contribution is 2.12. The first-order valence-electron chi connectivity index (χ1n) is 6.33. The zero-order chi connectivity index (χ0) is 13.8. The number of nitrogens with one attached hydrogen (secondary N) is 1. The minimum Gasteiger partial charge on any atom is -0.272 e. The lowest BCUT2D eigenvalue weighted by Gasteiger charge is -2.06. The van der Waals surface area contributed by atoms with Crippen molar-refractivity contribution in [2.24, 2.45) is 7.05 Å². The lowest BCUT2D eigenvalue weighted by molar-refractivity contribution is 0.578. The van der Waals surface area contributed by atoms with E-state index in [9.17, 15) is 8.42 Å². The molecule has 1 aromatic heterocycles. The zero-order valence-corrected chi connectivity index (χ0v) is 12.5. The molecule has 1 heterocycles. The van der Waals surface area contributed by atoms with Crippen LogP contribution in [-0.4, -0.2) is 30.5 Å². The lowest BCUT2D eigenvalue weighted by Crippen LogP contribution is -2.28. The molecule has 18 heavy (non-hydrogen) atoms. The Labute approximate surface area is 110 Å². The van der Waals surface area contributed by atoms with Crippen LogP contribution in [0.25, 0.3) is 0 Å². The third-order valence-corrected chi connectivity index (χ3v) is 4.59. The summed E-state index contributed by atoms with van der Waals surface area (Å²) in [7, 11) is -1.21. The Morgan fingerprint density at radius 3 is 2.50 bits per heavy atom. The van der Waals surface area contributed by atoms with Crippen LogP contribution in [0.4, 0.5) is 0 Å². The van der Waals surface area contributed by atoms with Crippen LogP contribution in [0.1, 0.15) is 36.7 Å². The first-order chi connectivity index (χ1) is 8.37. The van der Waals surface area contributed by atoms with E-state index in [-0.39, 0.29) is 5.75 Å². The molecule has 0 unspecified atom stereocenters. The van der Waals surface area contributed by atoms with Crippen LogP contribution < -0.4 is 4.72 Å². The number of aryl methyl sites for hydroxylation is 2. The lowest BCUT2D eigenvalue weighted by atomic mass is 10.1. The SMILES string of the molecule is CCCCS(=O)(=O)NCCc1c(C)nn(C)c1C. The largest absolute Gasteiger partial charge is 0.272 e. The Kier molecular flexibility index (Phi) is 5.34. The van der Waals surface area contributed by atoms with Crippen LogP contribution in [0.5, 0.6) is 0 Å². The van der Waals surface area contributed by atoms with E-state index in [0.717, 1.165) is 23.4 Å². The van der Waals surface area contributed by atoms with Gasteiger partial charge in [0, 0.05) is 19.3 Å². The van der Waals surface area contributed by atoms with Gasteiger partial charge in [-0.25, -0.2) is 13.1 Å². The second-order valence-corrected chi connectivity index (χ2v) is 6.52. The quantitative estimate of drug-likeness (QED) is 0.814. The summed E-state index contributed by atoms with van der Waals surface area (Å²) in [6.45, 7) is 6.38. The molecule has 6 heteroatoms. The highest BCUT2D eigenvalue weighted by atomic mass is 32.2. The average molecular weight is 273 g/mol. The molecule has 0 fully saturated rings. The van der Waals surface area contributed by atoms with Gasteiger partial charge in [0.05, 0.1) is 11.4 Å². The number of rotatable bonds is 7. The minimum atomic E-state index is -3.11. The highest BCUT2D eigenvalue weighted by molar-refractivity contribution is 7.89. The van der Waals surface area contributed by atoms with Gasteiger partial charge in [-0.3, -0.25) is 4.68 Å². The van der Waals surface area contributed by atoms with Gasteiger partial charge in [-0.15, -0.1) is 0 Å². The Bertz CT molecular complexity index is 492. The zero-order valence-electron chi connectivity index (χ0n) is 11.7. The summed E-state index contributed by atoms with van der Waals surface area (Å²) in [6.07, 6.45) is 2.29. The van der Waals surface area contributed by atoms with Gasteiger partial charge in [-0.2, -0.15) is 5.10 Å². The number of unbranched alkanes of at least 4 members (excludes halogenated alkanes) is 1. The first-order valence-corrected chi connectivity index (χ1v) is 7.99. The Balaban J connectivity index is 2.51. The van der Waals surface area contributed by atoms with Crippen molar-refractivity contribution in [2.75, 3.05) is 12.3 Å². The molecule has 0 saturated carbocycles. The van der Waals surface area contributed by atoms with Crippen LogP contribution in [0.15, 0.2) is 0 Å². The van der Waals surface area contributed by atoms with Gasteiger partial charge in [0.15, 0.2) is 0 Å². The monoisotopic (exact) mass is 273 g/mol. The minimum absolute atomic E-state index is 0.217. The van der Waals surface area contributed by atoms with E-state index in [0.29, 0.717) is 19.4 Å². The normalized spacial score (nSPS) is 12.0. The smallest absolute Gasteiger partial charge is 0.211 e. The number of hydrogen-bond donors (Lipinski definition) is 1. The number of nitrogens with zero attached hydrogens (tertiary/aromatic N) is 2. The maximum absolute atomic E-state index is 11.6. The van der Waals surface area contributed by atoms with Crippen molar-refractivity contribution in [3.8, 4) is 0 Å². The fourth-order valence-corrected chi connectivity index (χ4v) is 3.14. The van der Waals surface area contributed by atoms with Crippen LogP contribution in [0.3, 0.4) is 0 Å².